The normalized spacial score (nSPS) is 13.4. The van der Waals surface area contributed by atoms with Crippen molar-refractivity contribution in [2.75, 3.05) is 0 Å². The molecule has 1 aliphatic rings. The minimum absolute atomic E-state index is 0.0653. The molecule has 13 rings (SSSR count). The summed E-state index contributed by atoms with van der Waals surface area (Å²) in [5, 5.41) is 11.9. The van der Waals surface area contributed by atoms with Crippen LogP contribution in [0.4, 0.5) is 0 Å². The van der Waals surface area contributed by atoms with Gasteiger partial charge in [-0.25, -0.2) is 0 Å². The number of benzene rings is 10. The van der Waals surface area contributed by atoms with Gasteiger partial charge in [0.25, 0.3) is 0 Å². The second-order valence-electron chi connectivity index (χ2n) is 16.8. The first-order valence-corrected chi connectivity index (χ1v) is 20.5. The highest BCUT2D eigenvalue weighted by molar-refractivity contribution is 6.22. The molecule has 2 heterocycles. The number of furan rings is 2. The SMILES string of the molecule is CC1(C)c2ccccc2-c2c1ccc1c2oc2cc3cc(-c4ccc(-c5c6ccccc6c(-c6ccc7c(c6)oc6ccccc67)c6ccccc56)cc4)ccc3cc21. The Morgan fingerprint density at radius 3 is 1.66 bits per heavy atom. The molecule has 0 amide bonds. The maximum absolute atomic E-state index is 6.80. The maximum Gasteiger partial charge on any atom is 0.143 e. The largest absolute Gasteiger partial charge is 0.456 e. The standard InChI is InChI=1S/C57H36O2/c1-57(2)48-17-9-7-16-46(48)55-49(57)28-27-45-47-30-36-24-23-35(29-38(36)32-52(47)59-56(45)55)33-19-21-34(22-20-33)53-41-12-3-5-14-43(41)54(44-15-6-4-13-42(44)53)37-25-26-40-39-11-8-10-18-50(39)58-51(40)31-37/h3-32H,1-2H3. The Morgan fingerprint density at radius 1 is 0.322 bits per heavy atom. The lowest BCUT2D eigenvalue weighted by molar-refractivity contribution is 0.653. The molecule has 0 aliphatic heterocycles. The first-order valence-electron chi connectivity index (χ1n) is 20.5. The lowest BCUT2D eigenvalue weighted by atomic mass is 9.82. The minimum atomic E-state index is -0.0653. The van der Waals surface area contributed by atoms with Gasteiger partial charge in [0.2, 0.25) is 0 Å². The lowest BCUT2D eigenvalue weighted by Gasteiger charge is -2.21. The van der Waals surface area contributed by atoms with E-state index in [1.807, 2.05) is 12.1 Å². The van der Waals surface area contributed by atoms with Crippen LogP contribution in [0, 0.1) is 0 Å². The molecule has 2 heteroatoms. The molecule has 2 nitrogen and oxygen atoms in total. The summed E-state index contributed by atoms with van der Waals surface area (Å²) in [6, 6.07) is 66.5. The van der Waals surface area contributed by atoms with Crippen molar-refractivity contribution >= 4 is 76.2 Å². The molecule has 0 N–H and O–H groups in total. The van der Waals surface area contributed by atoms with Crippen molar-refractivity contribution in [3.8, 4) is 44.5 Å². The average molecular weight is 753 g/mol. The van der Waals surface area contributed by atoms with Crippen LogP contribution in [-0.4, -0.2) is 0 Å². The Kier molecular flexibility index (Phi) is 6.54. The molecule has 0 fully saturated rings. The first kappa shape index (κ1) is 32.6. The van der Waals surface area contributed by atoms with Crippen LogP contribution in [0.5, 0.6) is 0 Å². The summed E-state index contributed by atoms with van der Waals surface area (Å²) in [4.78, 5) is 0. The van der Waals surface area contributed by atoms with Gasteiger partial charge in [-0.05, 0) is 119 Å². The first-order chi connectivity index (χ1) is 29.0. The van der Waals surface area contributed by atoms with Crippen LogP contribution in [0.1, 0.15) is 25.0 Å². The quantitative estimate of drug-likeness (QED) is 0.168. The Labute approximate surface area is 340 Å². The van der Waals surface area contributed by atoms with Crippen LogP contribution < -0.4 is 0 Å². The molecule has 0 saturated carbocycles. The van der Waals surface area contributed by atoms with Crippen LogP contribution in [0.25, 0.3) is 121 Å². The smallest absolute Gasteiger partial charge is 0.143 e. The lowest BCUT2D eigenvalue weighted by Crippen LogP contribution is -2.14. The summed E-state index contributed by atoms with van der Waals surface area (Å²) in [7, 11) is 0. The van der Waals surface area contributed by atoms with Crippen molar-refractivity contribution in [2.45, 2.75) is 19.3 Å². The molecular formula is C57H36O2. The van der Waals surface area contributed by atoms with Crippen LogP contribution in [0.2, 0.25) is 0 Å². The summed E-state index contributed by atoms with van der Waals surface area (Å²) in [5.74, 6) is 0. The van der Waals surface area contributed by atoms with Crippen LogP contribution >= 0.6 is 0 Å². The Morgan fingerprint density at radius 2 is 0.898 bits per heavy atom. The zero-order chi connectivity index (χ0) is 39.0. The van der Waals surface area contributed by atoms with E-state index in [2.05, 4.69) is 184 Å². The summed E-state index contributed by atoms with van der Waals surface area (Å²) >= 11 is 0. The van der Waals surface area contributed by atoms with Gasteiger partial charge in [-0.15, -0.1) is 0 Å². The fourth-order valence-corrected chi connectivity index (χ4v) is 10.4. The predicted octanol–water partition coefficient (Wildman–Crippen LogP) is 16.3. The van der Waals surface area contributed by atoms with E-state index in [0.717, 1.165) is 44.1 Å². The fourth-order valence-electron chi connectivity index (χ4n) is 10.4. The fraction of sp³-hybridized carbons (Fsp3) is 0.0526. The molecule has 12 aromatic rings. The van der Waals surface area contributed by atoms with E-state index in [0.29, 0.717) is 0 Å². The summed E-state index contributed by atoms with van der Waals surface area (Å²) in [6.45, 7) is 4.64. The van der Waals surface area contributed by atoms with Gasteiger partial charge in [-0.2, -0.15) is 0 Å². The van der Waals surface area contributed by atoms with Gasteiger partial charge in [0.15, 0.2) is 0 Å². The van der Waals surface area contributed by atoms with Crippen LogP contribution in [0.15, 0.2) is 191 Å². The molecule has 59 heavy (non-hydrogen) atoms. The van der Waals surface area contributed by atoms with Gasteiger partial charge in [-0.1, -0.05) is 159 Å². The molecule has 276 valence electrons. The van der Waals surface area contributed by atoms with E-state index in [1.165, 1.54) is 87.8 Å². The van der Waals surface area contributed by atoms with E-state index in [1.54, 1.807) is 0 Å². The second-order valence-corrected chi connectivity index (χ2v) is 16.8. The average Bonchev–Trinajstić information content (AvgIpc) is 3.91. The summed E-state index contributed by atoms with van der Waals surface area (Å²) in [5.41, 5.74) is 16.1. The van der Waals surface area contributed by atoms with Gasteiger partial charge in [0, 0.05) is 32.5 Å². The van der Waals surface area contributed by atoms with Crippen molar-refractivity contribution in [3.63, 3.8) is 0 Å². The van der Waals surface area contributed by atoms with E-state index in [9.17, 15) is 0 Å². The third-order valence-electron chi connectivity index (χ3n) is 13.2. The monoisotopic (exact) mass is 752 g/mol. The molecule has 0 radical (unpaired) electrons. The number of hydrogen-bond acceptors (Lipinski definition) is 2. The van der Waals surface area contributed by atoms with E-state index < -0.39 is 0 Å². The number of fused-ring (bicyclic) bond motifs is 13. The van der Waals surface area contributed by atoms with Gasteiger partial charge < -0.3 is 8.83 Å². The topological polar surface area (TPSA) is 26.3 Å². The highest BCUT2D eigenvalue weighted by atomic mass is 16.3. The van der Waals surface area contributed by atoms with Gasteiger partial charge in [0.05, 0.1) is 0 Å². The highest BCUT2D eigenvalue weighted by Crippen LogP contribution is 2.53. The molecule has 2 aromatic heterocycles. The Bertz CT molecular complexity index is 3690. The van der Waals surface area contributed by atoms with Gasteiger partial charge >= 0.3 is 0 Å². The van der Waals surface area contributed by atoms with E-state index >= 15 is 0 Å². The van der Waals surface area contributed by atoms with Crippen LogP contribution in [0.3, 0.4) is 0 Å². The highest BCUT2D eigenvalue weighted by Gasteiger charge is 2.37. The summed E-state index contributed by atoms with van der Waals surface area (Å²) < 4.78 is 13.2. The van der Waals surface area contributed by atoms with Crippen LogP contribution in [-0.2, 0) is 5.41 Å². The molecule has 0 saturated heterocycles. The molecular weight excluding hydrogens is 717 g/mol. The van der Waals surface area contributed by atoms with E-state index in [4.69, 9.17) is 8.83 Å². The molecule has 0 spiro atoms. The molecule has 0 atom stereocenters. The van der Waals surface area contributed by atoms with Crippen molar-refractivity contribution in [1.29, 1.82) is 0 Å². The zero-order valence-corrected chi connectivity index (χ0v) is 32.6. The number of rotatable bonds is 3. The molecule has 0 unspecified atom stereocenters. The Balaban J connectivity index is 0.915. The zero-order valence-electron chi connectivity index (χ0n) is 32.6. The van der Waals surface area contributed by atoms with Gasteiger partial charge in [-0.3, -0.25) is 0 Å². The van der Waals surface area contributed by atoms with Gasteiger partial charge in [0.1, 0.15) is 22.3 Å². The molecule has 1 aliphatic carbocycles. The van der Waals surface area contributed by atoms with Crippen molar-refractivity contribution in [3.05, 3.63) is 193 Å². The maximum atomic E-state index is 6.80. The third-order valence-corrected chi connectivity index (χ3v) is 13.2. The number of para-hydroxylation sites is 1. The molecule has 0 bridgehead atoms. The number of hydrogen-bond donors (Lipinski definition) is 0. The van der Waals surface area contributed by atoms with Crippen molar-refractivity contribution < 1.29 is 8.83 Å². The predicted molar refractivity (Wildman–Crippen MR) is 247 cm³/mol. The van der Waals surface area contributed by atoms with Crippen molar-refractivity contribution in [2.24, 2.45) is 0 Å². The summed E-state index contributed by atoms with van der Waals surface area (Å²) in [6.07, 6.45) is 0. The Hall–Kier alpha value is -7.42. The second kappa shape index (κ2) is 11.8. The minimum Gasteiger partial charge on any atom is -0.456 e. The third kappa shape index (κ3) is 4.57. The van der Waals surface area contributed by atoms with E-state index in [-0.39, 0.29) is 5.41 Å². The molecule has 10 aromatic carbocycles. The van der Waals surface area contributed by atoms with Crippen molar-refractivity contribution in [1.82, 2.24) is 0 Å².